The molecule has 0 bridgehead atoms. The molecule has 0 radical (unpaired) electrons. The Morgan fingerprint density at radius 2 is 1.43 bits per heavy atom. The summed E-state index contributed by atoms with van der Waals surface area (Å²) in [6.07, 6.45) is 0. The van der Waals surface area contributed by atoms with Gasteiger partial charge in [0, 0.05) is 16.6 Å². The number of hydrogen-bond acceptors (Lipinski definition) is 3. The van der Waals surface area contributed by atoms with Gasteiger partial charge in [0.05, 0.1) is 0 Å². The first-order chi connectivity index (χ1) is 13.6. The minimum absolute atomic E-state index is 0.0607. The lowest BCUT2D eigenvalue weighted by molar-refractivity contribution is 0.0999. The van der Waals surface area contributed by atoms with Gasteiger partial charge in [0.1, 0.15) is 11.3 Å². The Bertz CT molecular complexity index is 1150. The van der Waals surface area contributed by atoms with E-state index in [1.165, 1.54) is 0 Å². The number of carbonyl (C=O) groups excluding carboxylic acids is 2. The van der Waals surface area contributed by atoms with E-state index in [0.29, 0.717) is 27.9 Å². The van der Waals surface area contributed by atoms with Crippen LogP contribution in [0, 0.1) is 6.92 Å². The average Bonchev–Trinajstić information content (AvgIpc) is 3.08. The lowest BCUT2D eigenvalue weighted by atomic mass is 10.1. The van der Waals surface area contributed by atoms with Crippen molar-refractivity contribution in [3.8, 4) is 0 Å². The molecule has 28 heavy (non-hydrogen) atoms. The summed E-state index contributed by atoms with van der Waals surface area (Å²) < 4.78 is 5.76. The molecule has 0 saturated heterocycles. The molecule has 0 aliphatic rings. The molecule has 2 amide bonds. The summed E-state index contributed by atoms with van der Waals surface area (Å²) >= 11 is 0. The molecule has 1 aromatic heterocycles. The standard InChI is InChI=1S/C23H18N2O3/c1-15-11-13-16(14-12-15)22(26)25-20-18-9-5-6-10-19(18)28-21(20)23(27)24-17-7-3-2-4-8-17/h2-14H,1H3,(H,24,27)(H,25,26). The van der Waals surface area contributed by atoms with Crippen LogP contribution >= 0.6 is 0 Å². The Kier molecular flexibility index (Phi) is 4.64. The number of fused-ring (bicyclic) bond motifs is 1. The summed E-state index contributed by atoms with van der Waals surface area (Å²) in [6.45, 7) is 1.96. The van der Waals surface area contributed by atoms with Gasteiger partial charge < -0.3 is 15.1 Å². The van der Waals surface area contributed by atoms with Crippen LogP contribution in [-0.2, 0) is 0 Å². The van der Waals surface area contributed by atoms with Crippen molar-refractivity contribution in [1.29, 1.82) is 0 Å². The number of benzene rings is 3. The third-order valence-corrected chi connectivity index (χ3v) is 4.39. The van der Waals surface area contributed by atoms with Crippen LogP contribution in [0.15, 0.2) is 83.3 Å². The van der Waals surface area contributed by atoms with E-state index >= 15 is 0 Å². The van der Waals surface area contributed by atoms with Crippen LogP contribution in [0.2, 0.25) is 0 Å². The van der Waals surface area contributed by atoms with Crippen LogP contribution in [-0.4, -0.2) is 11.8 Å². The van der Waals surface area contributed by atoms with Crippen molar-refractivity contribution in [3.05, 3.63) is 95.7 Å². The molecule has 0 unspecified atom stereocenters. The van der Waals surface area contributed by atoms with Crippen LogP contribution in [0.1, 0.15) is 26.5 Å². The number of nitrogens with one attached hydrogen (secondary N) is 2. The van der Waals surface area contributed by atoms with E-state index in [2.05, 4.69) is 10.6 Å². The first kappa shape index (κ1) is 17.5. The fourth-order valence-electron chi connectivity index (χ4n) is 2.93. The molecule has 2 N–H and O–H groups in total. The summed E-state index contributed by atoms with van der Waals surface area (Å²) in [5.41, 5.74) is 3.09. The second-order valence-corrected chi connectivity index (χ2v) is 6.44. The summed E-state index contributed by atoms with van der Waals surface area (Å²) in [6, 6.07) is 23.5. The molecular weight excluding hydrogens is 352 g/mol. The van der Waals surface area contributed by atoms with E-state index in [9.17, 15) is 9.59 Å². The van der Waals surface area contributed by atoms with E-state index in [-0.39, 0.29) is 11.7 Å². The van der Waals surface area contributed by atoms with Crippen molar-refractivity contribution in [2.24, 2.45) is 0 Å². The molecule has 0 aliphatic heterocycles. The predicted molar refractivity (Wildman–Crippen MR) is 110 cm³/mol. The second-order valence-electron chi connectivity index (χ2n) is 6.44. The van der Waals surface area contributed by atoms with Gasteiger partial charge in [0.25, 0.3) is 11.8 Å². The summed E-state index contributed by atoms with van der Waals surface area (Å²) in [5.74, 6) is -0.674. The van der Waals surface area contributed by atoms with Crippen molar-refractivity contribution < 1.29 is 14.0 Å². The third-order valence-electron chi connectivity index (χ3n) is 4.39. The predicted octanol–water partition coefficient (Wildman–Crippen LogP) is 5.25. The highest BCUT2D eigenvalue weighted by Crippen LogP contribution is 2.32. The van der Waals surface area contributed by atoms with Crippen LogP contribution in [0.25, 0.3) is 11.0 Å². The topological polar surface area (TPSA) is 71.3 Å². The van der Waals surface area contributed by atoms with Gasteiger partial charge in [-0.1, -0.05) is 48.0 Å². The minimum atomic E-state index is -0.429. The van der Waals surface area contributed by atoms with Crippen LogP contribution in [0.4, 0.5) is 11.4 Å². The number of carbonyl (C=O) groups is 2. The first-order valence-electron chi connectivity index (χ1n) is 8.88. The number of para-hydroxylation sites is 2. The molecule has 0 spiro atoms. The number of hydrogen-bond donors (Lipinski definition) is 2. The van der Waals surface area contributed by atoms with Gasteiger partial charge in [-0.05, 0) is 43.3 Å². The number of rotatable bonds is 4. The van der Waals surface area contributed by atoms with Gasteiger partial charge in [0.2, 0.25) is 5.76 Å². The summed E-state index contributed by atoms with van der Waals surface area (Å²) in [4.78, 5) is 25.5. The minimum Gasteiger partial charge on any atom is -0.449 e. The third kappa shape index (κ3) is 3.50. The average molecular weight is 370 g/mol. The zero-order valence-electron chi connectivity index (χ0n) is 15.2. The van der Waals surface area contributed by atoms with Gasteiger partial charge >= 0.3 is 0 Å². The van der Waals surface area contributed by atoms with Crippen molar-refractivity contribution in [2.75, 3.05) is 10.6 Å². The lowest BCUT2D eigenvalue weighted by Gasteiger charge is -2.07. The number of anilines is 2. The summed E-state index contributed by atoms with van der Waals surface area (Å²) in [5, 5.41) is 6.31. The van der Waals surface area contributed by atoms with Gasteiger partial charge in [-0.2, -0.15) is 0 Å². The Morgan fingerprint density at radius 1 is 0.750 bits per heavy atom. The zero-order chi connectivity index (χ0) is 19.5. The van der Waals surface area contributed by atoms with E-state index < -0.39 is 5.91 Å². The molecule has 0 saturated carbocycles. The molecule has 0 aliphatic carbocycles. The maximum Gasteiger partial charge on any atom is 0.293 e. The van der Waals surface area contributed by atoms with Gasteiger partial charge in [-0.3, -0.25) is 9.59 Å². The van der Waals surface area contributed by atoms with Gasteiger partial charge in [-0.15, -0.1) is 0 Å². The Labute approximate surface area is 162 Å². The maximum absolute atomic E-state index is 12.8. The maximum atomic E-state index is 12.8. The monoisotopic (exact) mass is 370 g/mol. The normalized spacial score (nSPS) is 10.6. The number of amides is 2. The van der Waals surface area contributed by atoms with Crippen LogP contribution in [0.5, 0.6) is 0 Å². The Balaban J connectivity index is 1.70. The molecule has 4 aromatic rings. The molecule has 4 rings (SSSR count). The van der Waals surface area contributed by atoms with E-state index in [4.69, 9.17) is 4.42 Å². The van der Waals surface area contributed by atoms with Crippen LogP contribution < -0.4 is 10.6 Å². The quantitative estimate of drug-likeness (QED) is 0.516. The number of aryl methyl sites for hydroxylation is 1. The van der Waals surface area contributed by atoms with Gasteiger partial charge in [0.15, 0.2) is 0 Å². The Hall–Kier alpha value is -3.86. The highest BCUT2D eigenvalue weighted by molar-refractivity contribution is 6.16. The van der Waals surface area contributed by atoms with E-state index in [0.717, 1.165) is 5.56 Å². The van der Waals surface area contributed by atoms with Crippen molar-refractivity contribution in [2.45, 2.75) is 6.92 Å². The van der Waals surface area contributed by atoms with E-state index in [1.807, 2.05) is 55.5 Å². The van der Waals surface area contributed by atoms with Crippen molar-refractivity contribution in [1.82, 2.24) is 0 Å². The number of furan rings is 1. The molecule has 1 heterocycles. The smallest absolute Gasteiger partial charge is 0.293 e. The molecular formula is C23H18N2O3. The molecule has 3 aromatic carbocycles. The Morgan fingerprint density at radius 3 is 2.18 bits per heavy atom. The lowest BCUT2D eigenvalue weighted by Crippen LogP contribution is -2.17. The van der Waals surface area contributed by atoms with Crippen molar-refractivity contribution >= 4 is 34.2 Å². The SMILES string of the molecule is Cc1ccc(C(=O)Nc2c(C(=O)Nc3ccccc3)oc3ccccc23)cc1. The van der Waals surface area contributed by atoms with Crippen molar-refractivity contribution in [3.63, 3.8) is 0 Å². The molecule has 138 valence electrons. The molecule has 0 fully saturated rings. The van der Waals surface area contributed by atoms with Crippen LogP contribution in [0.3, 0.4) is 0 Å². The second kappa shape index (κ2) is 7.40. The molecule has 0 atom stereocenters. The molecule has 5 heteroatoms. The zero-order valence-corrected chi connectivity index (χ0v) is 15.2. The first-order valence-corrected chi connectivity index (χ1v) is 8.88. The fraction of sp³-hybridized carbons (Fsp3) is 0.0435. The fourth-order valence-corrected chi connectivity index (χ4v) is 2.93. The van der Waals surface area contributed by atoms with E-state index in [1.54, 1.807) is 30.3 Å². The van der Waals surface area contributed by atoms with Gasteiger partial charge in [-0.25, -0.2) is 0 Å². The largest absolute Gasteiger partial charge is 0.449 e. The highest BCUT2D eigenvalue weighted by atomic mass is 16.3. The highest BCUT2D eigenvalue weighted by Gasteiger charge is 2.22. The molecule has 5 nitrogen and oxygen atoms in total. The summed E-state index contributed by atoms with van der Waals surface area (Å²) in [7, 11) is 0.